The predicted molar refractivity (Wildman–Crippen MR) is 81.5 cm³/mol. The van der Waals surface area contributed by atoms with Crippen LogP contribution in [0.2, 0.25) is 0 Å². The molecule has 0 unspecified atom stereocenters. The van der Waals surface area contributed by atoms with E-state index in [0.29, 0.717) is 11.3 Å². The van der Waals surface area contributed by atoms with Crippen LogP contribution in [0.1, 0.15) is 29.1 Å². The maximum atomic E-state index is 11.9. The van der Waals surface area contributed by atoms with Crippen molar-refractivity contribution >= 4 is 17.6 Å². The minimum atomic E-state index is -0.410. The molecule has 1 aromatic carbocycles. The first-order valence-electron chi connectivity index (χ1n) is 6.85. The van der Waals surface area contributed by atoms with E-state index in [1.165, 1.54) is 7.11 Å². The molecule has 0 saturated heterocycles. The van der Waals surface area contributed by atoms with Crippen LogP contribution in [0.5, 0.6) is 0 Å². The van der Waals surface area contributed by atoms with E-state index in [1.54, 1.807) is 36.6 Å². The van der Waals surface area contributed by atoms with Gasteiger partial charge in [0.25, 0.3) is 0 Å². The van der Waals surface area contributed by atoms with E-state index in [1.807, 2.05) is 13.0 Å². The number of carbonyl (C=O) groups is 2. The Balaban J connectivity index is 1.83. The largest absolute Gasteiger partial charge is 0.468 e. The van der Waals surface area contributed by atoms with Crippen molar-refractivity contribution in [3.8, 4) is 0 Å². The highest BCUT2D eigenvalue weighted by Gasteiger charge is 2.10. The van der Waals surface area contributed by atoms with Crippen LogP contribution in [0.3, 0.4) is 0 Å². The van der Waals surface area contributed by atoms with Crippen molar-refractivity contribution in [2.24, 2.45) is 0 Å². The van der Waals surface area contributed by atoms with Crippen molar-refractivity contribution in [1.82, 2.24) is 5.32 Å². The minimum Gasteiger partial charge on any atom is -0.468 e. The van der Waals surface area contributed by atoms with Crippen LogP contribution in [0.25, 0.3) is 0 Å². The van der Waals surface area contributed by atoms with Crippen LogP contribution in [0.4, 0.5) is 5.69 Å². The Morgan fingerprint density at radius 1 is 1.23 bits per heavy atom. The molecule has 1 heterocycles. The molecule has 0 aliphatic heterocycles. The molecule has 0 saturated carbocycles. The Morgan fingerprint density at radius 2 is 1.95 bits per heavy atom. The zero-order valence-corrected chi connectivity index (χ0v) is 12.5. The quantitative estimate of drug-likeness (QED) is 0.801. The zero-order valence-electron chi connectivity index (χ0n) is 12.5. The van der Waals surface area contributed by atoms with Crippen molar-refractivity contribution in [2.75, 3.05) is 19.0 Å². The van der Waals surface area contributed by atoms with Crippen molar-refractivity contribution in [3.05, 3.63) is 54.0 Å². The molecule has 0 aliphatic rings. The summed E-state index contributed by atoms with van der Waals surface area (Å²) in [5.74, 6) is 0.186. The van der Waals surface area contributed by atoms with Crippen LogP contribution < -0.4 is 10.6 Å². The molecule has 1 aromatic heterocycles. The molecule has 2 rings (SSSR count). The topological polar surface area (TPSA) is 80.6 Å². The molecule has 2 N–H and O–H groups in total. The Bertz CT molecular complexity index is 620. The van der Waals surface area contributed by atoms with Crippen molar-refractivity contribution in [2.45, 2.75) is 13.0 Å². The number of furan rings is 1. The predicted octanol–water partition coefficient (Wildman–Crippen LogP) is 2.36. The zero-order chi connectivity index (χ0) is 15.9. The van der Waals surface area contributed by atoms with E-state index in [4.69, 9.17) is 4.42 Å². The smallest absolute Gasteiger partial charge is 0.337 e. The number of anilines is 1. The summed E-state index contributed by atoms with van der Waals surface area (Å²) >= 11 is 0. The number of carbonyl (C=O) groups excluding carboxylic acids is 2. The molecular formula is C16H18N2O4. The second-order valence-corrected chi connectivity index (χ2v) is 4.74. The van der Waals surface area contributed by atoms with Gasteiger partial charge < -0.3 is 14.5 Å². The maximum absolute atomic E-state index is 11.9. The summed E-state index contributed by atoms with van der Waals surface area (Å²) in [5, 5.41) is 5.81. The summed E-state index contributed by atoms with van der Waals surface area (Å²) in [6.07, 6.45) is 1.59. The lowest BCUT2D eigenvalue weighted by molar-refractivity contribution is -0.115. The molecule has 0 spiro atoms. The van der Waals surface area contributed by atoms with Crippen molar-refractivity contribution < 1.29 is 18.7 Å². The van der Waals surface area contributed by atoms with Crippen LogP contribution in [0.15, 0.2) is 47.1 Å². The summed E-state index contributed by atoms with van der Waals surface area (Å²) in [6.45, 7) is 2.07. The third-order valence-electron chi connectivity index (χ3n) is 3.13. The monoisotopic (exact) mass is 302 g/mol. The third-order valence-corrected chi connectivity index (χ3v) is 3.13. The molecule has 1 amide bonds. The first kappa shape index (κ1) is 15.8. The maximum Gasteiger partial charge on any atom is 0.337 e. The molecule has 6 heteroatoms. The molecule has 2 aromatic rings. The summed E-state index contributed by atoms with van der Waals surface area (Å²) in [5.41, 5.74) is 1.05. The Labute approximate surface area is 128 Å². The molecule has 0 radical (unpaired) electrons. The van der Waals surface area contributed by atoms with Gasteiger partial charge in [0.05, 0.1) is 31.5 Å². The van der Waals surface area contributed by atoms with Crippen molar-refractivity contribution in [3.63, 3.8) is 0 Å². The van der Waals surface area contributed by atoms with Crippen LogP contribution in [0, 0.1) is 0 Å². The van der Waals surface area contributed by atoms with Gasteiger partial charge in [0.2, 0.25) is 5.91 Å². The second kappa shape index (κ2) is 7.42. The molecule has 116 valence electrons. The van der Waals surface area contributed by atoms with Gasteiger partial charge in [-0.3, -0.25) is 10.1 Å². The van der Waals surface area contributed by atoms with Gasteiger partial charge in [0, 0.05) is 5.69 Å². The van der Waals surface area contributed by atoms with Crippen LogP contribution in [-0.2, 0) is 9.53 Å². The Kier molecular flexibility index (Phi) is 5.32. The van der Waals surface area contributed by atoms with E-state index < -0.39 is 5.97 Å². The van der Waals surface area contributed by atoms with Gasteiger partial charge in [-0.25, -0.2) is 4.79 Å². The number of esters is 1. The van der Waals surface area contributed by atoms with Crippen LogP contribution in [-0.4, -0.2) is 25.5 Å². The number of benzene rings is 1. The first-order valence-corrected chi connectivity index (χ1v) is 6.85. The third kappa shape index (κ3) is 4.20. The van der Waals surface area contributed by atoms with E-state index in [9.17, 15) is 9.59 Å². The number of ether oxygens (including phenoxy) is 1. The molecule has 1 atom stereocenters. The Morgan fingerprint density at radius 3 is 2.55 bits per heavy atom. The van der Waals surface area contributed by atoms with Gasteiger partial charge in [0.15, 0.2) is 0 Å². The lowest BCUT2D eigenvalue weighted by Gasteiger charge is -2.11. The highest BCUT2D eigenvalue weighted by atomic mass is 16.5. The number of rotatable bonds is 6. The molecule has 0 fully saturated rings. The van der Waals surface area contributed by atoms with E-state index in [-0.39, 0.29) is 18.5 Å². The summed E-state index contributed by atoms with van der Waals surface area (Å²) in [7, 11) is 1.32. The van der Waals surface area contributed by atoms with Gasteiger partial charge in [-0.2, -0.15) is 0 Å². The number of hydrogen-bond donors (Lipinski definition) is 2. The lowest BCUT2D eigenvalue weighted by atomic mass is 10.2. The fourth-order valence-electron chi connectivity index (χ4n) is 1.90. The summed E-state index contributed by atoms with van der Waals surface area (Å²) in [6, 6.07) is 10.1. The summed E-state index contributed by atoms with van der Waals surface area (Å²) < 4.78 is 9.87. The number of amides is 1. The van der Waals surface area contributed by atoms with Crippen LogP contribution >= 0.6 is 0 Å². The van der Waals surface area contributed by atoms with Gasteiger partial charge in [-0.05, 0) is 43.3 Å². The highest BCUT2D eigenvalue weighted by molar-refractivity contribution is 5.93. The Hall–Kier alpha value is -2.60. The number of methoxy groups -OCH3 is 1. The SMILES string of the molecule is COC(=O)c1ccc(NC(=O)CN[C@@H](C)c2ccco2)cc1. The molecule has 22 heavy (non-hydrogen) atoms. The van der Waals surface area contributed by atoms with Gasteiger partial charge in [0.1, 0.15) is 5.76 Å². The van der Waals surface area contributed by atoms with E-state index in [2.05, 4.69) is 15.4 Å². The molecule has 6 nitrogen and oxygen atoms in total. The average Bonchev–Trinajstić information content (AvgIpc) is 3.07. The number of nitrogens with one attached hydrogen (secondary N) is 2. The van der Waals surface area contributed by atoms with Gasteiger partial charge in [-0.15, -0.1) is 0 Å². The second-order valence-electron chi connectivity index (χ2n) is 4.74. The van der Waals surface area contributed by atoms with Gasteiger partial charge in [-0.1, -0.05) is 0 Å². The standard InChI is InChI=1S/C16H18N2O4/c1-11(14-4-3-9-22-14)17-10-15(19)18-13-7-5-12(6-8-13)16(20)21-2/h3-9,11,17H,10H2,1-2H3,(H,18,19)/t11-/m0/s1. The van der Waals surface area contributed by atoms with E-state index >= 15 is 0 Å². The van der Waals surface area contributed by atoms with Gasteiger partial charge >= 0.3 is 5.97 Å². The van der Waals surface area contributed by atoms with E-state index in [0.717, 1.165) is 5.76 Å². The molecular weight excluding hydrogens is 284 g/mol. The first-order chi connectivity index (χ1) is 10.6. The minimum absolute atomic E-state index is 0.0533. The highest BCUT2D eigenvalue weighted by Crippen LogP contribution is 2.12. The van der Waals surface area contributed by atoms with Crippen molar-refractivity contribution in [1.29, 1.82) is 0 Å². The fourth-order valence-corrected chi connectivity index (χ4v) is 1.90. The molecule has 0 aliphatic carbocycles. The average molecular weight is 302 g/mol. The molecule has 0 bridgehead atoms. The fraction of sp³-hybridized carbons (Fsp3) is 0.250. The lowest BCUT2D eigenvalue weighted by Crippen LogP contribution is -2.29. The normalized spacial score (nSPS) is 11.7. The number of hydrogen-bond acceptors (Lipinski definition) is 5. The summed E-state index contributed by atoms with van der Waals surface area (Å²) in [4.78, 5) is 23.2.